The molecule has 1 saturated heterocycles. The van der Waals surface area contributed by atoms with Gasteiger partial charge in [-0.1, -0.05) is 0 Å². The van der Waals surface area contributed by atoms with Gasteiger partial charge in [-0.25, -0.2) is 0 Å². The van der Waals surface area contributed by atoms with E-state index in [1.165, 1.54) is 19.3 Å². The predicted molar refractivity (Wildman–Crippen MR) is 60.4 cm³/mol. The first kappa shape index (κ1) is 9.90. The van der Waals surface area contributed by atoms with Gasteiger partial charge in [0.2, 0.25) is 0 Å². The molecule has 1 fully saturated rings. The Kier molecular flexibility index (Phi) is 3.01. The third-order valence-corrected chi connectivity index (χ3v) is 3.14. The Bertz CT molecular complexity index is 299. The van der Waals surface area contributed by atoms with Crippen molar-refractivity contribution in [1.29, 1.82) is 0 Å². The Hall–Kier alpha value is -0.640. The van der Waals surface area contributed by atoms with E-state index in [9.17, 15) is 0 Å². The predicted octanol–water partition coefficient (Wildman–Crippen LogP) is 2.62. The van der Waals surface area contributed by atoms with E-state index in [-0.39, 0.29) is 0 Å². The van der Waals surface area contributed by atoms with Crippen molar-refractivity contribution >= 4 is 21.7 Å². The van der Waals surface area contributed by atoms with Crippen molar-refractivity contribution in [3.63, 3.8) is 0 Å². The van der Waals surface area contributed by atoms with Gasteiger partial charge in [0, 0.05) is 12.6 Å². The highest BCUT2D eigenvalue weighted by atomic mass is 79.9. The number of hydrogen-bond acceptors (Lipinski definition) is 3. The Balaban J connectivity index is 2.16. The van der Waals surface area contributed by atoms with Gasteiger partial charge in [0.15, 0.2) is 5.82 Å². The van der Waals surface area contributed by atoms with Crippen LogP contribution < -0.4 is 4.90 Å². The van der Waals surface area contributed by atoms with E-state index in [0.29, 0.717) is 6.04 Å². The van der Waals surface area contributed by atoms with Crippen molar-refractivity contribution in [3.8, 4) is 0 Å². The molecule has 14 heavy (non-hydrogen) atoms. The van der Waals surface area contributed by atoms with Gasteiger partial charge >= 0.3 is 0 Å². The molecule has 0 aromatic carbocycles. The van der Waals surface area contributed by atoms with Crippen LogP contribution in [0, 0.1) is 0 Å². The summed E-state index contributed by atoms with van der Waals surface area (Å²) in [5.41, 5.74) is 0. The minimum atomic E-state index is 0.597. The van der Waals surface area contributed by atoms with Crippen LogP contribution in [0.4, 0.5) is 5.82 Å². The SMILES string of the molecule is CC1CCCCN1c1ccc(Br)nn1. The maximum absolute atomic E-state index is 4.18. The van der Waals surface area contributed by atoms with Gasteiger partial charge in [-0.05, 0) is 54.2 Å². The first-order valence-electron chi connectivity index (χ1n) is 5.03. The molecule has 1 aromatic heterocycles. The molecule has 0 N–H and O–H groups in total. The van der Waals surface area contributed by atoms with Crippen LogP contribution in [-0.4, -0.2) is 22.8 Å². The fourth-order valence-corrected chi connectivity index (χ4v) is 2.11. The minimum Gasteiger partial charge on any atom is -0.352 e. The number of halogens is 1. The second-order valence-electron chi connectivity index (χ2n) is 3.75. The lowest BCUT2D eigenvalue weighted by molar-refractivity contribution is 0.479. The monoisotopic (exact) mass is 255 g/mol. The minimum absolute atomic E-state index is 0.597. The van der Waals surface area contributed by atoms with Crippen LogP contribution in [0.1, 0.15) is 26.2 Å². The van der Waals surface area contributed by atoms with Crippen LogP contribution in [0.25, 0.3) is 0 Å². The van der Waals surface area contributed by atoms with E-state index in [0.717, 1.165) is 17.0 Å². The fraction of sp³-hybridized carbons (Fsp3) is 0.600. The Labute approximate surface area is 92.7 Å². The topological polar surface area (TPSA) is 29.0 Å². The summed E-state index contributed by atoms with van der Waals surface area (Å²) < 4.78 is 0.797. The molecule has 3 nitrogen and oxygen atoms in total. The lowest BCUT2D eigenvalue weighted by atomic mass is 10.0. The van der Waals surface area contributed by atoms with Crippen molar-refractivity contribution in [2.75, 3.05) is 11.4 Å². The van der Waals surface area contributed by atoms with Gasteiger partial charge in [-0.3, -0.25) is 0 Å². The highest BCUT2D eigenvalue weighted by Crippen LogP contribution is 2.22. The summed E-state index contributed by atoms with van der Waals surface area (Å²) in [6.07, 6.45) is 3.86. The number of hydrogen-bond donors (Lipinski definition) is 0. The summed E-state index contributed by atoms with van der Waals surface area (Å²) in [6.45, 7) is 3.36. The average Bonchev–Trinajstić information content (AvgIpc) is 2.20. The Morgan fingerprint density at radius 2 is 2.21 bits per heavy atom. The summed E-state index contributed by atoms with van der Waals surface area (Å²) in [5, 5.41) is 8.20. The molecule has 2 rings (SSSR count). The highest BCUT2D eigenvalue weighted by molar-refractivity contribution is 9.10. The van der Waals surface area contributed by atoms with E-state index in [1.54, 1.807) is 0 Å². The van der Waals surface area contributed by atoms with Crippen molar-refractivity contribution < 1.29 is 0 Å². The molecule has 0 spiro atoms. The van der Waals surface area contributed by atoms with Gasteiger partial charge in [0.05, 0.1) is 0 Å². The zero-order valence-corrected chi connectivity index (χ0v) is 9.87. The molecular formula is C10H14BrN3. The molecular weight excluding hydrogens is 242 g/mol. The van der Waals surface area contributed by atoms with E-state index in [4.69, 9.17) is 0 Å². The lowest BCUT2D eigenvalue weighted by Gasteiger charge is -2.33. The molecule has 0 aliphatic carbocycles. The normalized spacial score (nSPS) is 22.4. The first-order valence-corrected chi connectivity index (χ1v) is 5.82. The summed E-state index contributed by atoms with van der Waals surface area (Å²) in [4.78, 5) is 2.34. The number of nitrogens with zero attached hydrogens (tertiary/aromatic N) is 3. The standard InChI is InChI=1S/C10H14BrN3/c1-8-4-2-3-7-14(8)10-6-5-9(11)12-13-10/h5-6,8H,2-4,7H2,1H3. The molecule has 0 saturated carbocycles. The maximum Gasteiger partial charge on any atom is 0.151 e. The summed E-state index contributed by atoms with van der Waals surface area (Å²) >= 11 is 3.29. The largest absolute Gasteiger partial charge is 0.352 e. The van der Waals surface area contributed by atoms with Crippen LogP contribution in [0.2, 0.25) is 0 Å². The van der Waals surface area contributed by atoms with Gasteiger partial charge in [-0.15, -0.1) is 10.2 Å². The molecule has 76 valence electrons. The number of rotatable bonds is 1. The summed E-state index contributed by atoms with van der Waals surface area (Å²) in [5.74, 6) is 1.00. The van der Waals surface area contributed by atoms with Gasteiger partial charge in [-0.2, -0.15) is 0 Å². The molecule has 2 heterocycles. The molecule has 1 aliphatic heterocycles. The van der Waals surface area contributed by atoms with Crippen LogP contribution in [0.15, 0.2) is 16.7 Å². The lowest BCUT2D eigenvalue weighted by Crippen LogP contribution is -2.38. The zero-order chi connectivity index (χ0) is 9.97. The summed E-state index contributed by atoms with van der Waals surface area (Å²) in [7, 11) is 0. The van der Waals surface area contributed by atoms with Gasteiger partial charge < -0.3 is 4.90 Å². The van der Waals surface area contributed by atoms with Crippen molar-refractivity contribution in [3.05, 3.63) is 16.7 Å². The maximum atomic E-state index is 4.18. The number of aromatic nitrogens is 2. The number of piperidine rings is 1. The molecule has 1 aromatic rings. The van der Waals surface area contributed by atoms with Gasteiger partial charge in [0.1, 0.15) is 4.60 Å². The van der Waals surface area contributed by atoms with E-state index < -0.39 is 0 Å². The highest BCUT2D eigenvalue weighted by Gasteiger charge is 2.19. The first-order chi connectivity index (χ1) is 6.77. The Morgan fingerprint density at radius 1 is 1.36 bits per heavy atom. The average molecular weight is 256 g/mol. The molecule has 4 heteroatoms. The molecule has 0 amide bonds. The summed E-state index contributed by atoms with van der Waals surface area (Å²) in [6, 6.07) is 4.57. The van der Waals surface area contributed by atoms with Crippen LogP contribution >= 0.6 is 15.9 Å². The van der Waals surface area contributed by atoms with E-state index in [2.05, 4.69) is 38.0 Å². The van der Waals surface area contributed by atoms with Crippen molar-refractivity contribution in [2.24, 2.45) is 0 Å². The second kappa shape index (κ2) is 4.26. The molecule has 1 unspecified atom stereocenters. The van der Waals surface area contributed by atoms with Crippen molar-refractivity contribution in [1.82, 2.24) is 10.2 Å². The van der Waals surface area contributed by atoms with Crippen LogP contribution in [0.3, 0.4) is 0 Å². The van der Waals surface area contributed by atoms with Crippen molar-refractivity contribution in [2.45, 2.75) is 32.2 Å². The zero-order valence-electron chi connectivity index (χ0n) is 8.28. The molecule has 0 bridgehead atoms. The fourth-order valence-electron chi connectivity index (χ4n) is 1.90. The van der Waals surface area contributed by atoms with Crippen LogP contribution in [0.5, 0.6) is 0 Å². The molecule has 1 atom stereocenters. The smallest absolute Gasteiger partial charge is 0.151 e. The van der Waals surface area contributed by atoms with E-state index in [1.807, 2.05) is 12.1 Å². The second-order valence-corrected chi connectivity index (χ2v) is 4.56. The quantitative estimate of drug-likeness (QED) is 0.773. The van der Waals surface area contributed by atoms with E-state index >= 15 is 0 Å². The Morgan fingerprint density at radius 3 is 2.86 bits per heavy atom. The molecule has 0 radical (unpaired) electrons. The third-order valence-electron chi connectivity index (χ3n) is 2.72. The van der Waals surface area contributed by atoms with Gasteiger partial charge in [0.25, 0.3) is 0 Å². The molecule has 1 aliphatic rings. The third kappa shape index (κ3) is 2.05. The number of anilines is 1. The van der Waals surface area contributed by atoms with Crippen LogP contribution in [-0.2, 0) is 0 Å².